The number of benzene rings is 3. The van der Waals surface area contributed by atoms with Crippen molar-refractivity contribution in [3.05, 3.63) is 70.3 Å². The molecule has 0 N–H and O–H groups in total. The molecule has 1 heterocycles. The maximum absolute atomic E-state index is 6.05. The number of ether oxygens (including phenoxy) is 1. The lowest BCUT2D eigenvalue weighted by Crippen LogP contribution is -1.87. The van der Waals surface area contributed by atoms with Crippen molar-refractivity contribution in [2.45, 2.75) is 0 Å². The van der Waals surface area contributed by atoms with E-state index in [0.717, 1.165) is 37.0 Å². The molecule has 0 aliphatic rings. The molecule has 0 saturated carbocycles. The summed E-state index contributed by atoms with van der Waals surface area (Å²) in [5.74, 6) is 1.58. The molecule has 4 aromatic rings. The lowest BCUT2D eigenvalue weighted by atomic mass is 10.1. The zero-order valence-corrected chi connectivity index (χ0v) is 13.2. The van der Waals surface area contributed by atoms with E-state index in [1.54, 1.807) is 0 Å². The average molecular weight is 386 g/mol. The van der Waals surface area contributed by atoms with Gasteiger partial charge in [0.1, 0.15) is 11.3 Å². The van der Waals surface area contributed by atoms with Gasteiger partial charge in [-0.25, -0.2) is 0 Å². The molecule has 2 nitrogen and oxygen atoms in total. The fourth-order valence-corrected chi connectivity index (χ4v) is 2.95. The Bertz CT molecular complexity index is 940. The standard InChI is InChI=1S/C18H11IO2/c19-14-8-2-4-10-16(14)20-17-11-5-7-13-12-6-1-3-9-15(12)21-18(13)17/h1-11H. The molecule has 4 rings (SSSR count). The molecule has 21 heavy (non-hydrogen) atoms. The first kappa shape index (κ1) is 12.7. The number of hydrogen-bond acceptors (Lipinski definition) is 2. The lowest BCUT2D eigenvalue weighted by Gasteiger charge is -2.07. The first-order chi connectivity index (χ1) is 10.3. The van der Waals surface area contributed by atoms with Gasteiger partial charge in [-0.3, -0.25) is 0 Å². The number of fused-ring (bicyclic) bond motifs is 3. The van der Waals surface area contributed by atoms with Crippen LogP contribution < -0.4 is 4.74 Å². The average Bonchev–Trinajstić information content (AvgIpc) is 2.89. The maximum atomic E-state index is 6.05. The van der Waals surface area contributed by atoms with Crippen LogP contribution in [0.3, 0.4) is 0 Å². The second-order valence-electron chi connectivity index (χ2n) is 4.76. The molecule has 102 valence electrons. The van der Waals surface area contributed by atoms with Gasteiger partial charge in [0.05, 0.1) is 3.57 Å². The minimum absolute atomic E-state index is 0.743. The molecule has 0 atom stereocenters. The Morgan fingerprint density at radius 1 is 0.714 bits per heavy atom. The second-order valence-corrected chi connectivity index (χ2v) is 5.93. The van der Waals surface area contributed by atoms with Gasteiger partial charge in [0.2, 0.25) is 0 Å². The topological polar surface area (TPSA) is 22.4 Å². The van der Waals surface area contributed by atoms with Crippen LogP contribution in [-0.4, -0.2) is 0 Å². The van der Waals surface area contributed by atoms with Crippen LogP contribution in [0.25, 0.3) is 21.9 Å². The smallest absolute Gasteiger partial charge is 0.177 e. The van der Waals surface area contributed by atoms with Gasteiger partial charge in [-0.1, -0.05) is 42.5 Å². The fourth-order valence-electron chi connectivity index (χ4n) is 2.45. The van der Waals surface area contributed by atoms with E-state index >= 15 is 0 Å². The van der Waals surface area contributed by atoms with Crippen molar-refractivity contribution >= 4 is 44.5 Å². The van der Waals surface area contributed by atoms with Gasteiger partial charge in [0.15, 0.2) is 11.3 Å². The molecule has 0 radical (unpaired) electrons. The largest absolute Gasteiger partial charge is 0.452 e. The molecule has 0 aliphatic heterocycles. The Labute approximate surface area is 135 Å². The maximum Gasteiger partial charge on any atom is 0.177 e. The van der Waals surface area contributed by atoms with Crippen molar-refractivity contribution in [2.24, 2.45) is 0 Å². The molecule has 1 aromatic heterocycles. The van der Waals surface area contributed by atoms with Crippen LogP contribution in [0.4, 0.5) is 0 Å². The highest BCUT2D eigenvalue weighted by atomic mass is 127. The Hall–Kier alpha value is -2.01. The molecular weight excluding hydrogens is 375 g/mol. The van der Waals surface area contributed by atoms with Crippen molar-refractivity contribution in [3.8, 4) is 11.5 Å². The summed E-state index contributed by atoms with van der Waals surface area (Å²) >= 11 is 2.27. The van der Waals surface area contributed by atoms with E-state index in [0.29, 0.717) is 0 Å². The Morgan fingerprint density at radius 3 is 2.33 bits per heavy atom. The molecule has 3 heteroatoms. The highest BCUT2D eigenvalue weighted by Crippen LogP contribution is 2.37. The first-order valence-electron chi connectivity index (χ1n) is 6.65. The van der Waals surface area contributed by atoms with Gasteiger partial charge in [-0.05, 0) is 46.9 Å². The van der Waals surface area contributed by atoms with Crippen molar-refractivity contribution in [1.29, 1.82) is 0 Å². The zero-order valence-electron chi connectivity index (χ0n) is 11.0. The number of rotatable bonds is 2. The van der Waals surface area contributed by atoms with E-state index in [9.17, 15) is 0 Å². The van der Waals surface area contributed by atoms with Crippen LogP contribution in [0.1, 0.15) is 0 Å². The fraction of sp³-hybridized carbons (Fsp3) is 0. The molecule has 0 amide bonds. The van der Waals surface area contributed by atoms with Crippen molar-refractivity contribution in [1.82, 2.24) is 0 Å². The molecule has 0 bridgehead atoms. The highest BCUT2D eigenvalue weighted by Gasteiger charge is 2.12. The molecule has 3 aromatic carbocycles. The zero-order chi connectivity index (χ0) is 14.2. The number of para-hydroxylation sites is 3. The van der Waals surface area contributed by atoms with E-state index in [4.69, 9.17) is 9.15 Å². The Kier molecular flexibility index (Phi) is 3.07. The van der Waals surface area contributed by atoms with E-state index in [1.807, 2.05) is 54.6 Å². The van der Waals surface area contributed by atoms with Crippen LogP contribution in [0.5, 0.6) is 11.5 Å². The highest BCUT2D eigenvalue weighted by molar-refractivity contribution is 14.1. The summed E-state index contributed by atoms with van der Waals surface area (Å²) < 4.78 is 13.1. The molecule has 0 saturated heterocycles. The lowest BCUT2D eigenvalue weighted by molar-refractivity contribution is 0.473. The normalized spacial score (nSPS) is 11.1. The number of furan rings is 1. The summed E-state index contributed by atoms with van der Waals surface area (Å²) in [4.78, 5) is 0. The van der Waals surface area contributed by atoms with E-state index < -0.39 is 0 Å². The minimum atomic E-state index is 0.743. The van der Waals surface area contributed by atoms with E-state index in [1.165, 1.54) is 0 Å². The monoisotopic (exact) mass is 386 g/mol. The molecule has 0 fully saturated rings. The van der Waals surface area contributed by atoms with Crippen molar-refractivity contribution in [3.63, 3.8) is 0 Å². The molecule has 0 unspecified atom stereocenters. The van der Waals surface area contributed by atoms with Crippen molar-refractivity contribution in [2.75, 3.05) is 0 Å². The van der Waals surface area contributed by atoms with E-state index in [-0.39, 0.29) is 0 Å². The quantitative estimate of drug-likeness (QED) is 0.396. The van der Waals surface area contributed by atoms with Gasteiger partial charge in [0, 0.05) is 10.8 Å². The van der Waals surface area contributed by atoms with Crippen LogP contribution in [0, 0.1) is 3.57 Å². The van der Waals surface area contributed by atoms with Crippen LogP contribution in [0.15, 0.2) is 71.1 Å². The predicted molar refractivity (Wildman–Crippen MR) is 93.0 cm³/mol. The Morgan fingerprint density at radius 2 is 1.43 bits per heavy atom. The predicted octanol–water partition coefficient (Wildman–Crippen LogP) is 5.98. The molecular formula is C18H11IO2. The van der Waals surface area contributed by atoms with E-state index in [2.05, 4.69) is 34.7 Å². The summed E-state index contributed by atoms with van der Waals surface area (Å²) in [6, 6.07) is 22.0. The third kappa shape index (κ3) is 2.17. The first-order valence-corrected chi connectivity index (χ1v) is 7.73. The number of halogens is 1. The third-order valence-corrected chi connectivity index (χ3v) is 4.32. The minimum Gasteiger partial charge on any atom is -0.452 e. The van der Waals surface area contributed by atoms with Gasteiger partial charge < -0.3 is 9.15 Å². The molecule has 0 aliphatic carbocycles. The van der Waals surface area contributed by atoms with Crippen LogP contribution >= 0.6 is 22.6 Å². The van der Waals surface area contributed by atoms with Crippen LogP contribution in [-0.2, 0) is 0 Å². The summed E-state index contributed by atoms with van der Waals surface area (Å²) in [6.45, 7) is 0. The van der Waals surface area contributed by atoms with Gasteiger partial charge in [0.25, 0.3) is 0 Å². The third-order valence-electron chi connectivity index (χ3n) is 3.42. The van der Waals surface area contributed by atoms with Gasteiger partial charge >= 0.3 is 0 Å². The molecule has 0 spiro atoms. The Balaban J connectivity index is 1.91. The van der Waals surface area contributed by atoms with Gasteiger partial charge in [-0.15, -0.1) is 0 Å². The van der Waals surface area contributed by atoms with Crippen molar-refractivity contribution < 1.29 is 9.15 Å². The van der Waals surface area contributed by atoms with Crippen LogP contribution in [0.2, 0.25) is 0 Å². The second kappa shape index (κ2) is 5.07. The van der Waals surface area contributed by atoms with Gasteiger partial charge in [-0.2, -0.15) is 0 Å². The summed E-state index contributed by atoms with van der Waals surface area (Å²) in [6.07, 6.45) is 0. The SMILES string of the molecule is Ic1ccccc1Oc1cccc2c1oc1ccccc12. The number of hydrogen-bond donors (Lipinski definition) is 0. The summed E-state index contributed by atoms with van der Waals surface area (Å²) in [7, 11) is 0. The summed E-state index contributed by atoms with van der Waals surface area (Å²) in [5.41, 5.74) is 1.67. The summed E-state index contributed by atoms with van der Waals surface area (Å²) in [5, 5.41) is 2.19.